The number of nitrogens with one attached hydrogen (secondary N) is 1. The molecule has 0 aromatic carbocycles. The summed E-state index contributed by atoms with van der Waals surface area (Å²) < 4.78 is 6.35. The Morgan fingerprint density at radius 2 is 2.36 bits per heavy atom. The average Bonchev–Trinajstić information content (AvgIpc) is 2.63. The maximum atomic E-state index is 5.75. The van der Waals surface area contributed by atoms with Crippen LogP contribution < -0.4 is 5.32 Å². The number of hydrogen-bond donors (Lipinski definition) is 1. The van der Waals surface area contributed by atoms with Gasteiger partial charge in [0.05, 0.1) is 17.6 Å². The van der Waals surface area contributed by atoms with E-state index in [0.717, 1.165) is 30.8 Å². The van der Waals surface area contributed by atoms with Gasteiger partial charge in [-0.05, 0) is 25.9 Å². The Morgan fingerprint density at radius 1 is 1.57 bits per heavy atom. The summed E-state index contributed by atoms with van der Waals surface area (Å²) in [7, 11) is 0. The topological polar surface area (TPSA) is 34.1 Å². The summed E-state index contributed by atoms with van der Waals surface area (Å²) in [4.78, 5) is 5.08. The molecule has 1 saturated heterocycles. The molecule has 3 nitrogen and oxygen atoms in total. The van der Waals surface area contributed by atoms with Gasteiger partial charge in [-0.15, -0.1) is 11.3 Å². The van der Waals surface area contributed by atoms with Crippen LogP contribution in [-0.2, 0) is 11.3 Å². The van der Waals surface area contributed by atoms with E-state index >= 15 is 0 Å². The van der Waals surface area contributed by atoms with Crippen LogP contribution >= 0.6 is 22.9 Å². The van der Waals surface area contributed by atoms with Crippen LogP contribution in [0.25, 0.3) is 0 Å². The number of rotatable bonds is 3. The van der Waals surface area contributed by atoms with Crippen molar-refractivity contribution in [3.05, 3.63) is 15.5 Å². The Bertz CT molecular complexity index is 286. The highest BCUT2D eigenvalue weighted by Gasteiger charge is 2.13. The van der Waals surface area contributed by atoms with Crippen molar-refractivity contribution in [3.63, 3.8) is 0 Å². The first kappa shape index (κ1) is 10.4. The van der Waals surface area contributed by atoms with Crippen molar-refractivity contribution < 1.29 is 4.74 Å². The highest BCUT2D eigenvalue weighted by molar-refractivity contribution is 7.15. The molecule has 1 fully saturated rings. The van der Waals surface area contributed by atoms with Crippen molar-refractivity contribution in [2.24, 2.45) is 0 Å². The fraction of sp³-hybridized carbons (Fsp3) is 0.667. The molecule has 5 heteroatoms. The molecule has 0 aliphatic carbocycles. The zero-order chi connectivity index (χ0) is 9.80. The normalized spacial score (nSPS) is 18.6. The van der Waals surface area contributed by atoms with Gasteiger partial charge in [0.1, 0.15) is 0 Å². The van der Waals surface area contributed by atoms with E-state index in [9.17, 15) is 0 Å². The van der Waals surface area contributed by atoms with E-state index in [1.807, 2.05) is 0 Å². The predicted octanol–water partition coefficient (Wildman–Crippen LogP) is 2.07. The monoisotopic (exact) mass is 232 g/mol. The van der Waals surface area contributed by atoms with Gasteiger partial charge >= 0.3 is 0 Å². The average molecular weight is 233 g/mol. The second-order valence-electron chi connectivity index (χ2n) is 3.34. The first-order valence-corrected chi connectivity index (χ1v) is 5.96. The third-order valence-electron chi connectivity index (χ3n) is 2.27. The molecule has 2 rings (SSSR count). The largest absolute Gasteiger partial charge is 0.373 e. The number of thiazole rings is 1. The molecule has 2 heterocycles. The Labute approximate surface area is 92.4 Å². The van der Waals surface area contributed by atoms with Gasteiger partial charge in [0.15, 0.2) is 4.47 Å². The van der Waals surface area contributed by atoms with Gasteiger partial charge in [-0.1, -0.05) is 11.6 Å². The number of piperidine rings is 1. The SMILES string of the molecule is Clc1ncc(COC2CCNCC2)s1. The van der Waals surface area contributed by atoms with Crippen molar-refractivity contribution in [3.8, 4) is 0 Å². The van der Waals surface area contributed by atoms with Gasteiger partial charge in [0, 0.05) is 6.20 Å². The molecule has 1 aromatic heterocycles. The zero-order valence-corrected chi connectivity index (χ0v) is 9.40. The second-order valence-corrected chi connectivity index (χ2v) is 5.04. The van der Waals surface area contributed by atoms with E-state index in [4.69, 9.17) is 16.3 Å². The van der Waals surface area contributed by atoms with Crippen LogP contribution in [0.15, 0.2) is 6.20 Å². The molecule has 0 radical (unpaired) electrons. The molecule has 0 unspecified atom stereocenters. The van der Waals surface area contributed by atoms with Crippen LogP contribution in [-0.4, -0.2) is 24.2 Å². The van der Waals surface area contributed by atoms with Crippen molar-refractivity contribution >= 4 is 22.9 Å². The smallest absolute Gasteiger partial charge is 0.183 e. The third kappa shape index (κ3) is 2.92. The lowest BCUT2D eigenvalue weighted by Crippen LogP contribution is -2.32. The van der Waals surface area contributed by atoms with E-state index in [1.54, 1.807) is 6.20 Å². The Morgan fingerprint density at radius 3 is 3.00 bits per heavy atom. The fourth-order valence-electron chi connectivity index (χ4n) is 1.51. The summed E-state index contributed by atoms with van der Waals surface area (Å²) in [5.74, 6) is 0. The number of aromatic nitrogens is 1. The third-order valence-corrected chi connectivity index (χ3v) is 3.36. The minimum Gasteiger partial charge on any atom is -0.373 e. The van der Waals surface area contributed by atoms with E-state index < -0.39 is 0 Å². The number of ether oxygens (including phenoxy) is 1. The van der Waals surface area contributed by atoms with Crippen molar-refractivity contribution in [2.75, 3.05) is 13.1 Å². The lowest BCUT2D eigenvalue weighted by Gasteiger charge is -2.22. The second kappa shape index (κ2) is 5.07. The zero-order valence-electron chi connectivity index (χ0n) is 7.83. The predicted molar refractivity (Wildman–Crippen MR) is 57.8 cm³/mol. The van der Waals surface area contributed by atoms with E-state index in [0.29, 0.717) is 17.2 Å². The first-order valence-electron chi connectivity index (χ1n) is 4.77. The Kier molecular flexibility index (Phi) is 3.75. The summed E-state index contributed by atoms with van der Waals surface area (Å²) in [6.45, 7) is 2.78. The standard InChI is InChI=1S/C9H13ClN2OS/c10-9-12-5-8(14-9)6-13-7-1-3-11-4-2-7/h5,7,11H,1-4,6H2. The first-order chi connectivity index (χ1) is 6.84. The quantitative estimate of drug-likeness (QED) is 0.867. The van der Waals surface area contributed by atoms with E-state index in [2.05, 4.69) is 10.3 Å². The molecule has 0 amide bonds. The molecule has 1 aliphatic rings. The highest BCUT2D eigenvalue weighted by Crippen LogP contribution is 2.19. The maximum absolute atomic E-state index is 5.75. The molecular weight excluding hydrogens is 220 g/mol. The van der Waals surface area contributed by atoms with Crippen molar-refractivity contribution in [1.29, 1.82) is 0 Å². The molecular formula is C9H13ClN2OS. The number of hydrogen-bond acceptors (Lipinski definition) is 4. The molecule has 0 bridgehead atoms. The number of nitrogens with zero attached hydrogens (tertiary/aromatic N) is 1. The van der Waals surface area contributed by atoms with E-state index in [1.165, 1.54) is 11.3 Å². The van der Waals surface area contributed by atoms with E-state index in [-0.39, 0.29) is 0 Å². The van der Waals surface area contributed by atoms with Crippen LogP contribution in [0.2, 0.25) is 4.47 Å². The molecule has 1 aromatic rings. The lowest BCUT2D eigenvalue weighted by atomic mass is 10.1. The minimum atomic E-state index is 0.400. The van der Waals surface area contributed by atoms with Crippen LogP contribution in [0.3, 0.4) is 0 Å². The lowest BCUT2D eigenvalue weighted by molar-refractivity contribution is 0.0225. The fourth-order valence-corrected chi connectivity index (χ4v) is 2.41. The summed E-state index contributed by atoms with van der Waals surface area (Å²) in [6.07, 6.45) is 4.39. The van der Waals surface area contributed by atoms with Gasteiger partial charge in [-0.2, -0.15) is 0 Å². The molecule has 1 N–H and O–H groups in total. The molecule has 1 aliphatic heterocycles. The maximum Gasteiger partial charge on any atom is 0.183 e. The van der Waals surface area contributed by atoms with Gasteiger partial charge in [-0.25, -0.2) is 4.98 Å². The summed E-state index contributed by atoms with van der Waals surface area (Å²) in [5, 5.41) is 3.31. The van der Waals surface area contributed by atoms with Crippen molar-refractivity contribution in [1.82, 2.24) is 10.3 Å². The Hall–Kier alpha value is -0.160. The Balaban J connectivity index is 1.76. The minimum absolute atomic E-state index is 0.400. The van der Waals surface area contributed by atoms with Crippen molar-refractivity contribution in [2.45, 2.75) is 25.6 Å². The van der Waals surface area contributed by atoms with Crippen LogP contribution in [0.5, 0.6) is 0 Å². The molecule has 0 saturated carbocycles. The highest BCUT2D eigenvalue weighted by atomic mass is 35.5. The molecule has 0 atom stereocenters. The van der Waals surface area contributed by atoms with Crippen LogP contribution in [0.1, 0.15) is 17.7 Å². The molecule has 14 heavy (non-hydrogen) atoms. The van der Waals surface area contributed by atoms with Gasteiger partial charge in [-0.3, -0.25) is 0 Å². The van der Waals surface area contributed by atoms with Crippen LogP contribution in [0, 0.1) is 0 Å². The summed E-state index contributed by atoms with van der Waals surface area (Å²) in [5.41, 5.74) is 0. The van der Waals surface area contributed by atoms with Crippen LogP contribution in [0.4, 0.5) is 0 Å². The molecule has 0 spiro atoms. The van der Waals surface area contributed by atoms with Gasteiger partial charge < -0.3 is 10.1 Å². The van der Waals surface area contributed by atoms with Gasteiger partial charge in [0.2, 0.25) is 0 Å². The van der Waals surface area contributed by atoms with Gasteiger partial charge in [0.25, 0.3) is 0 Å². The number of halogens is 1. The summed E-state index contributed by atoms with van der Waals surface area (Å²) >= 11 is 7.21. The molecule has 78 valence electrons. The summed E-state index contributed by atoms with van der Waals surface area (Å²) in [6, 6.07) is 0.